The molecule has 0 fully saturated rings. The molecule has 3 heteroatoms. The van der Waals surface area contributed by atoms with Gasteiger partial charge in [0.25, 0.3) is 0 Å². The van der Waals surface area contributed by atoms with Gasteiger partial charge in [0.05, 0.1) is 12.8 Å². The average molecular weight is 288 g/mol. The molecule has 0 spiro atoms. The third kappa shape index (κ3) is 15.4. The third-order valence-corrected chi connectivity index (χ3v) is 3.22. The van der Waals surface area contributed by atoms with Crippen LogP contribution < -0.4 is 0 Å². The zero-order chi connectivity index (χ0) is 14.9. The smallest absolute Gasteiger partial charge is 0.115 e. The van der Waals surface area contributed by atoms with Gasteiger partial charge in [-0.15, -0.1) is 0 Å². The molecule has 0 aromatic heterocycles. The predicted octanol–water partition coefficient (Wildman–Crippen LogP) is 5.30. The first-order chi connectivity index (χ1) is 9.81. The molecular formula is C17H30F2O. The molecule has 0 saturated carbocycles. The number of rotatable bonds is 14. The molecule has 0 aromatic carbocycles. The normalized spacial score (nSPS) is 13.6. The van der Waals surface area contributed by atoms with Crippen molar-refractivity contribution in [3.05, 3.63) is 24.3 Å². The molecule has 1 atom stereocenters. The van der Waals surface area contributed by atoms with E-state index in [-0.39, 0.29) is 6.67 Å². The van der Waals surface area contributed by atoms with Crippen LogP contribution in [0.2, 0.25) is 0 Å². The molecule has 0 saturated heterocycles. The summed E-state index contributed by atoms with van der Waals surface area (Å²) in [5.74, 6) is 0. The highest BCUT2D eigenvalue weighted by Crippen LogP contribution is 2.08. The second-order valence-corrected chi connectivity index (χ2v) is 5.19. The lowest BCUT2D eigenvalue weighted by atomic mass is 10.1. The average Bonchev–Trinajstić information content (AvgIpc) is 2.47. The summed E-state index contributed by atoms with van der Waals surface area (Å²) in [6, 6.07) is 0. The zero-order valence-electron chi connectivity index (χ0n) is 12.6. The van der Waals surface area contributed by atoms with Crippen molar-refractivity contribution < 1.29 is 13.9 Å². The van der Waals surface area contributed by atoms with Crippen LogP contribution in [0.5, 0.6) is 0 Å². The Morgan fingerprint density at radius 3 is 1.90 bits per heavy atom. The molecule has 0 aliphatic carbocycles. The molecule has 0 aromatic rings. The lowest BCUT2D eigenvalue weighted by Crippen LogP contribution is -2.07. The number of hydrogen-bond donors (Lipinski definition) is 1. The minimum atomic E-state index is -0.788. The number of unbranched alkanes of at least 4 members (excludes halogenated alkanes) is 7. The van der Waals surface area contributed by atoms with Crippen molar-refractivity contribution in [3.8, 4) is 0 Å². The van der Waals surface area contributed by atoms with Crippen LogP contribution in [0.3, 0.4) is 0 Å². The predicted molar refractivity (Wildman–Crippen MR) is 82.4 cm³/mol. The number of aliphatic hydroxyl groups excluding tert-OH is 1. The first kappa shape index (κ1) is 19.3. The van der Waals surface area contributed by atoms with Crippen molar-refractivity contribution in [3.63, 3.8) is 0 Å². The Hall–Kier alpha value is -0.700. The number of alkyl halides is 2. The summed E-state index contributed by atoms with van der Waals surface area (Å²) in [7, 11) is 0. The number of aliphatic hydroxyl groups is 1. The molecule has 1 nitrogen and oxygen atoms in total. The summed E-state index contributed by atoms with van der Waals surface area (Å²) < 4.78 is 23.8. The summed E-state index contributed by atoms with van der Waals surface area (Å²) in [6.45, 7) is -0.820. The highest BCUT2D eigenvalue weighted by molar-refractivity contribution is 5.02. The summed E-state index contributed by atoms with van der Waals surface area (Å²) in [4.78, 5) is 0. The Labute approximate surface area is 122 Å². The van der Waals surface area contributed by atoms with Crippen LogP contribution >= 0.6 is 0 Å². The van der Waals surface area contributed by atoms with Gasteiger partial charge in [0.15, 0.2) is 0 Å². The van der Waals surface area contributed by atoms with Crippen LogP contribution in [0.4, 0.5) is 8.78 Å². The van der Waals surface area contributed by atoms with Gasteiger partial charge in [0.1, 0.15) is 6.67 Å². The Bertz CT molecular complexity index is 239. The standard InChI is InChI=1S/C17H30F2O/c18-15-13-11-9-7-5-3-1-2-4-6-8-10-12-14-17(20)16-19/h2,4,6,8,17,20H,1,3,5,7,9-16H2. The monoisotopic (exact) mass is 288 g/mol. The Morgan fingerprint density at radius 1 is 0.750 bits per heavy atom. The number of hydrogen-bond acceptors (Lipinski definition) is 1. The fraction of sp³-hybridized carbons (Fsp3) is 0.765. The van der Waals surface area contributed by atoms with E-state index in [1.54, 1.807) is 0 Å². The van der Waals surface area contributed by atoms with E-state index in [9.17, 15) is 8.78 Å². The molecule has 1 unspecified atom stereocenters. The van der Waals surface area contributed by atoms with Gasteiger partial charge in [-0.3, -0.25) is 4.39 Å². The van der Waals surface area contributed by atoms with Gasteiger partial charge in [0, 0.05) is 0 Å². The van der Waals surface area contributed by atoms with Crippen LogP contribution in [-0.4, -0.2) is 24.6 Å². The number of allylic oxidation sites excluding steroid dienone is 4. The Balaban J connectivity index is 3.22. The topological polar surface area (TPSA) is 20.2 Å². The fourth-order valence-electron chi connectivity index (χ4n) is 1.96. The van der Waals surface area contributed by atoms with Gasteiger partial charge < -0.3 is 5.11 Å². The molecular weight excluding hydrogens is 258 g/mol. The first-order valence-corrected chi connectivity index (χ1v) is 7.93. The summed E-state index contributed by atoms with van der Waals surface area (Å²) in [5.41, 5.74) is 0. The second kappa shape index (κ2) is 16.4. The summed E-state index contributed by atoms with van der Waals surface area (Å²) in [6.07, 6.45) is 17.3. The summed E-state index contributed by atoms with van der Waals surface area (Å²) in [5, 5.41) is 9.02. The quantitative estimate of drug-likeness (QED) is 0.340. The Kier molecular flexibility index (Phi) is 15.8. The van der Waals surface area contributed by atoms with Crippen LogP contribution in [0.1, 0.15) is 64.2 Å². The largest absolute Gasteiger partial charge is 0.390 e. The molecule has 0 amide bonds. The van der Waals surface area contributed by atoms with Gasteiger partial charge in [0.2, 0.25) is 0 Å². The lowest BCUT2D eigenvalue weighted by molar-refractivity contribution is 0.129. The van der Waals surface area contributed by atoms with Crippen LogP contribution in [-0.2, 0) is 0 Å². The molecule has 0 radical (unpaired) electrons. The molecule has 0 aliphatic rings. The van der Waals surface area contributed by atoms with Crippen molar-refractivity contribution >= 4 is 0 Å². The van der Waals surface area contributed by atoms with E-state index in [1.807, 2.05) is 6.08 Å². The van der Waals surface area contributed by atoms with E-state index in [1.165, 1.54) is 19.3 Å². The minimum Gasteiger partial charge on any atom is -0.390 e. The molecule has 0 bridgehead atoms. The van der Waals surface area contributed by atoms with Crippen molar-refractivity contribution in [2.45, 2.75) is 70.3 Å². The van der Waals surface area contributed by atoms with E-state index in [0.29, 0.717) is 12.8 Å². The van der Waals surface area contributed by atoms with E-state index in [2.05, 4.69) is 18.2 Å². The fourth-order valence-corrected chi connectivity index (χ4v) is 1.96. The van der Waals surface area contributed by atoms with E-state index in [0.717, 1.165) is 32.1 Å². The van der Waals surface area contributed by atoms with E-state index < -0.39 is 12.8 Å². The highest BCUT2D eigenvalue weighted by Gasteiger charge is 2.00. The molecule has 20 heavy (non-hydrogen) atoms. The maximum atomic E-state index is 12.0. The highest BCUT2D eigenvalue weighted by atomic mass is 19.1. The van der Waals surface area contributed by atoms with Gasteiger partial charge in [-0.05, 0) is 38.5 Å². The maximum Gasteiger partial charge on any atom is 0.115 e. The minimum absolute atomic E-state index is 0.179. The van der Waals surface area contributed by atoms with Gasteiger partial charge in [-0.2, -0.15) is 0 Å². The first-order valence-electron chi connectivity index (χ1n) is 7.93. The van der Waals surface area contributed by atoms with E-state index >= 15 is 0 Å². The van der Waals surface area contributed by atoms with Crippen molar-refractivity contribution in [1.29, 1.82) is 0 Å². The van der Waals surface area contributed by atoms with Crippen molar-refractivity contribution in [2.24, 2.45) is 0 Å². The molecule has 0 heterocycles. The molecule has 0 aliphatic heterocycles. The summed E-state index contributed by atoms with van der Waals surface area (Å²) >= 11 is 0. The van der Waals surface area contributed by atoms with Crippen molar-refractivity contribution in [2.75, 3.05) is 13.3 Å². The lowest BCUT2D eigenvalue weighted by Gasteiger charge is -2.02. The van der Waals surface area contributed by atoms with Gasteiger partial charge >= 0.3 is 0 Å². The second-order valence-electron chi connectivity index (χ2n) is 5.19. The van der Waals surface area contributed by atoms with Gasteiger partial charge in [-0.25, -0.2) is 4.39 Å². The van der Waals surface area contributed by atoms with E-state index in [4.69, 9.17) is 5.11 Å². The van der Waals surface area contributed by atoms with Crippen LogP contribution in [0.25, 0.3) is 0 Å². The van der Waals surface area contributed by atoms with Gasteiger partial charge in [-0.1, -0.05) is 50.0 Å². The van der Waals surface area contributed by atoms with Crippen LogP contribution in [0, 0.1) is 0 Å². The zero-order valence-corrected chi connectivity index (χ0v) is 12.6. The molecule has 1 N–H and O–H groups in total. The SMILES string of the molecule is OC(CF)CCCC=CC=CCCCCCCCCF. The molecule has 0 rings (SSSR count). The van der Waals surface area contributed by atoms with Crippen molar-refractivity contribution in [1.82, 2.24) is 0 Å². The molecule has 118 valence electrons. The number of halogens is 2. The third-order valence-electron chi connectivity index (χ3n) is 3.22. The Morgan fingerprint density at radius 2 is 1.30 bits per heavy atom. The maximum absolute atomic E-state index is 12.0. The van der Waals surface area contributed by atoms with Crippen LogP contribution in [0.15, 0.2) is 24.3 Å².